The van der Waals surface area contributed by atoms with Gasteiger partial charge in [-0.2, -0.15) is 0 Å². The second-order valence-corrected chi connectivity index (χ2v) is 6.35. The Morgan fingerprint density at radius 2 is 2.00 bits per heavy atom. The monoisotopic (exact) mass is 371 g/mol. The molecule has 1 aliphatic rings. The number of carbonyl (C=O) groups excluding carboxylic acids is 1. The lowest BCUT2D eigenvalue weighted by Crippen LogP contribution is -2.38. The zero-order chi connectivity index (χ0) is 19.1. The molecule has 1 saturated heterocycles. The third-order valence-corrected chi connectivity index (χ3v) is 4.72. The second-order valence-electron chi connectivity index (χ2n) is 6.35. The molecule has 0 radical (unpaired) electrons. The van der Waals surface area contributed by atoms with E-state index >= 15 is 0 Å². The first-order valence-corrected chi connectivity index (χ1v) is 8.99. The Morgan fingerprint density at radius 1 is 1.19 bits per heavy atom. The van der Waals surface area contributed by atoms with Crippen LogP contribution >= 0.6 is 0 Å². The lowest BCUT2D eigenvalue weighted by molar-refractivity contribution is 0.0550. The van der Waals surface area contributed by atoms with Gasteiger partial charge < -0.3 is 24.8 Å². The van der Waals surface area contributed by atoms with Crippen molar-refractivity contribution in [2.75, 3.05) is 32.8 Å². The minimum atomic E-state index is -0.304. The fourth-order valence-corrected chi connectivity index (χ4v) is 3.37. The van der Waals surface area contributed by atoms with Gasteiger partial charge in [0, 0.05) is 25.6 Å². The standard InChI is InChI=1S/C20H25N3O4/c1-25-17-7-3-6-16(19(17)26-2)22-20(24)23-18(14-8-11-27-12-9-14)15-5-4-10-21-13-15/h3-7,10,13-14,18H,8-9,11-12H2,1-2H3,(H2,22,23,24). The van der Waals surface area contributed by atoms with Gasteiger partial charge in [-0.3, -0.25) is 4.98 Å². The summed E-state index contributed by atoms with van der Waals surface area (Å²) < 4.78 is 16.1. The molecule has 1 aliphatic heterocycles. The molecule has 7 heteroatoms. The maximum Gasteiger partial charge on any atom is 0.319 e. The fraction of sp³-hybridized carbons (Fsp3) is 0.400. The summed E-state index contributed by atoms with van der Waals surface area (Å²) in [6, 6.07) is 8.78. The van der Waals surface area contributed by atoms with Crippen molar-refractivity contribution in [1.29, 1.82) is 0 Å². The molecular weight excluding hydrogens is 346 g/mol. The van der Waals surface area contributed by atoms with Gasteiger partial charge >= 0.3 is 6.03 Å². The first kappa shape index (κ1) is 19.0. The number of benzene rings is 1. The number of methoxy groups -OCH3 is 2. The zero-order valence-electron chi connectivity index (χ0n) is 15.6. The van der Waals surface area contributed by atoms with Crippen LogP contribution in [0, 0.1) is 5.92 Å². The summed E-state index contributed by atoms with van der Waals surface area (Å²) in [6.45, 7) is 1.41. The average molecular weight is 371 g/mol. The SMILES string of the molecule is COc1cccc(NC(=O)NC(c2cccnc2)C2CCOCC2)c1OC. The van der Waals surface area contributed by atoms with E-state index in [1.807, 2.05) is 12.1 Å². The zero-order valence-corrected chi connectivity index (χ0v) is 15.6. The van der Waals surface area contributed by atoms with Crippen LogP contribution in [0.1, 0.15) is 24.4 Å². The Labute approximate surface area is 159 Å². The van der Waals surface area contributed by atoms with E-state index in [0.29, 0.717) is 36.3 Å². The molecule has 0 saturated carbocycles. The molecule has 27 heavy (non-hydrogen) atoms. The van der Waals surface area contributed by atoms with E-state index in [9.17, 15) is 4.79 Å². The van der Waals surface area contributed by atoms with Crippen molar-refractivity contribution in [2.45, 2.75) is 18.9 Å². The summed E-state index contributed by atoms with van der Waals surface area (Å²) in [5.74, 6) is 1.34. The molecule has 2 heterocycles. The fourth-order valence-electron chi connectivity index (χ4n) is 3.37. The number of pyridine rings is 1. The van der Waals surface area contributed by atoms with Crippen molar-refractivity contribution in [3.05, 3.63) is 48.3 Å². The van der Waals surface area contributed by atoms with Gasteiger partial charge in [0.2, 0.25) is 0 Å². The van der Waals surface area contributed by atoms with Gasteiger partial charge in [0.25, 0.3) is 0 Å². The van der Waals surface area contributed by atoms with Crippen molar-refractivity contribution in [3.63, 3.8) is 0 Å². The quantitative estimate of drug-likeness (QED) is 0.813. The van der Waals surface area contributed by atoms with Gasteiger partial charge in [0.05, 0.1) is 25.9 Å². The van der Waals surface area contributed by atoms with E-state index in [-0.39, 0.29) is 12.1 Å². The average Bonchev–Trinajstić information content (AvgIpc) is 2.73. The van der Waals surface area contributed by atoms with Crippen LogP contribution in [0.5, 0.6) is 11.5 Å². The highest BCUT2D eigenvalue weighted by Crippen LogP contribution is 2.35. The molecule has 2 aromatic rings. The van der Waals surface area contributed by atoms with Crippen molar-refractivity contribution in [2.24, 2.45) is 5.92 Å². The molecule has 1 atom stereocenters. The first-order valence-electron chi connectivity index (χ1n) is 8.99. The van der Waals surface area contributed by atoms with E-state index < -0.39 is 0 Å². The van der Waals surface area contributed by atoms with Crippen LogP contribution in [-0.2, 0) is 4.74 Å². The van der Waals surface area contributed by atoms with Crippen LogP contribution in [0.3, 0.4) is 0 Å². The van der Waals surface area contributed by atoms with Crippen molar-refractivity contribution in [3.8, 4) is 11.5 Å². The van der Waals surface area contributed by atoms with Crippen LogP contribution in [0.4, 0.5) is 10.5 Å². The number of hydrogen-bond donors (Lipinski definition) is 2. The summed E-state index contributed by atoms with van der Waals surface area (Å²) in [5, 5.41) is 5.97. The molecule has 2 N–H and O–H groups in total. The lowest BCUT2D eigenvalue weighted by Gasteiger charge is -2.31. The number of amides is 2. The second kappa shape index (κ2) is 9.23. The largest absolute Gasteiger partial charge is 0.493 e. The summed E-state index contributed by atoms with van der Waals surface area (Å²) in [6.07, 6.45) is 5.31. The Bertz CT molecular complexity index is 748. The Morgan fingerprint density at radius 3 is 2.67 bits per heavy atom. The summed E-state index contributed by atoms with van der Waals surface area (Å²) >= 11 is 0. The molecule has 144 valence electrons. The molecule has 7 nitrogen and oxygen atoms in total. The van der Waals surface area contributed by atoms with Crippen LogP contribution in [0.2, 0.25) is 0 Å². The normalized spacial score (nSPS) is 15.6. The number of para-hydroxylation sites is 1. The van der Waals surface area contributed by atoms with E-state index in [1.165, 1.54) is 0 Å². The molecule has 1 aromatic heterocycles. The van der Waals surface area contributed by atoms with Gasteiger partial charge in [-0.15, -0.1) is 0 Å². The number of ether oxygens (including phenoxy) is 3. The predicted molar refractivity (Wildman–Crippen MR) is 102 cm³/mol. The van der Waals surface area contributed by atoms with E-state index in [1.54, 1.807) is 44.8 Å². The van der Waals surface area contributed by atoms with Crippen molar-refractivity contribution >= 4 is 11.7 Å². The molecule has 0 aliphatic carbocycles. The Balaban J connectivity index is 1.77. The van der Waals surface area contributed by atoms with Gasteiger partial charge in [-0.1, -0.05) is 12.1 Å². The van der Waals surface area contributed by atoms with E-state index in [0.717, 1.165) is 18.4 Å². The number of anilines is 1. The molecule has 0 spiro atoms. The Kier molecular flexibility index (Phi) is 6.49. The molecular formula is C20H25N3O4. The highest BCUT2D eigenvalue weighted by atomic mass is 16.5. The highest BCUT2D eigenvalue weighted by molar-refractivity contribution is 5.91. The van der Waals surface area contributed by atoms with Crippen LogP contribution < -0.4 is 20.1 Å². The number of carbonyl (C=O) groups is 1. The third kappa shape index (κ3) is 4.68. The molecule has 1 fully saturated rings. The minimum absolute atomic E-state index is 0.140. The minimum Gasteiger partial charge on any atom is -0.493 e. The molecule has 3 rings (SSSR count). The maximum absolute atomic E-state index is 12.7. The predicted octanol–water partition coefficient (Wildman–Crippen LogP) is 3.39. The first-order chi connectivity index (χ1) is 13.2. The molecule has 0 bridgehead atoms. The number of rotatable bonds is 6. The summed E-state index contributed by atoms with van der Waals surface area (Å²) in [5.41, 5.74) is 1.53. The molecule has 2 amide bonds. The van der Waals surface area contributed by atoms with Crippen LogP contribution in [0.25, 0.3) is 0 Å². The van der Waals surface area contributed by atoms with Gasteiger partial charge in [-0.05, 0) is 42.5 Å². The summed E-state index contributed by atoms with van der Waals surface area (Å²) in [4.78, 5) is 16.9. The van der Waals surface area contributed by atoms with Crippen molar-refractivity contribution in [1.82, 2.24) is 10.3 Å². The lowest BCUT2D eigenvalue weighted by atomic mass is 9.88. The molecule has 1 unspecified atom stereocenters. The molecule has 1 aromatic carbocycles. The highest BCUT2D eigenvalue weighted by Gasteiger charge is 2.27. The number of nitrogens with one attached hydrogen (secondary N) is 2. The van der Waals surface area contributed by atoms with Gasteiger partial charge in [-0.25, -0.2) is 4.79 Å². The van der Waals surface area contributed by atoms with Gasteiger partial charge in [0.15, 0.2) is 11.5 Å². The van der Waals surface area contributed by atoms with E-state index in [4.69, 9.17) is 14.2 Å². The summed E-state index contributed by atoms with van der Waals surface area (Å²) in [7, 11) is 3.10. The maximum atomic E-state index is 12.7. The third-order valence-electron chi connectivity index (χ3n) is 4.72. The number of urea groups is 1. The number of nitrogens with zero attached hydrogens (tertiary/aromatic N) is 1. The van der Waals surface area contributed by atoms with Crippen LogP contribution in [0.15, 0.2) is 42.7 Å². The topological polar surface area (TPSA) is 81.7 Å². The van der Waals surface area contributed by atoms with Crippen molar-refractivity contribution < 1.29 is 19.0 Å². The number of hydrogen-bond acceptors (Lipinski definition) is 5. The smallest absolute Gasteiger partial charge is 0.319 e. The van der Waals surface area contributed by atoms with Crippen LogP contribution in [-0.4, -0.2) is 38.4 Å². The van der Waals surface area contributed by atoms with Gasteiger partial charge in [0.1, 0.15) is 0 Å². The number of aromatic nitrogens is 1. The Hall–Kier alpha value is -2.80. The van der Waals surface area contributed by atoms with E-state index in [2.05, 4.69) is 15.6 Å².